The summed E-state index contributed by atoms with van der Waals surface area (Å²) in [7, 11) is 0. The SMILES string of the molecule is Cc1cc(C#N)c(N)c(Cl)n1. The van der Waals surface area contributed by atoms with Gasteiger partial charge in [0.15, 0.2) is 5.15 Å². The predicted octanol–water partition coefficient (Wildman–Crippen LogP) is 1.50. The molecule has 0 fully saturated rings. The Balaban J connectivity index is 3.39. The van der Waals surface area contributed by atoms with Crippen molar-refractivity contribution < 1.29 is 0 Å². The van der Waals surface area contributed by atoms with Crippen LogP contribution in [-0.4, -0.2) is 4.98 Å². The summed E-state index contributed by atoms with van der Waals surface area (Å²) >= 11 is 5.61. The molecule has 0 aliphatic carbocycles. The van der Waals surface area contributed by atoms with Gasteiger partial charge in [-0.15, -0.1) is 0 Å². The van der Waals surface area contributed by atoms with Gasteiger partial charge in [-0.3, -0.25) is 0 Å². The highest BCUT2D eigenvalue weighted by Crippen LogP contribution is 2.20. The minimum absolute atomic E-state index is 0.196. The molecule has 1 aromatic rings. The molecule has 0 spiro atoms. The Morgan fingerprint density at radius 3 is 2.91 bits per heavy atom. The number of aryl methyl sites for hydroxylation is 1. The standard InChI is InChI=1S/C7H6ClN3/c1-4-2-5(3-9)6(10)7(8)11-4/h2H,10H2,1H3. The van der Waals surface area contributed by atoms with Crippen LogP contribution in [0.2, 0.25) is 5.15 Å². The van der Waals surface area contributed by atoms with Crippen LogP contribution in [0.1, 0.15) is 11.3 Å². The zero-order valence-electron chi connectivity index (χ0n) is 5.93. The van der Waals surface area contributed by atoms with Crippen molar-refractivity contribution in [3.8, 4) is 6.07 Å². The smallest absolute Gasteiger partial charge is 0.153 e. The van der Waals surface area contributed by atoms with E-state index in [9.17, 15) is 0 Å². The van der Waals surface area contributed by atoms with Crippen LogP contribution in [0.15, 0.2) is 6.07 Å². The van der Waals surface area contributed by atoms with E-state index in [1.165, 1.54) is 0 Å². The summed E-state index contributed by atoms with van der Waals surface area (Å²) in [4.78, 5) is 3.87. The molecule has 0 aliphatic heterocycles. The van der Waals surface area contributed by atoms with Gasteiger partial charge in [-0.05, 0) is 13.0 Å². The molecule has 0 unspecified atom stereocenters. The summed E-state index contributed by atoms with van der Waals surface area (Å²) in [5.74, 6) is 0. The Kier molecular flexibility index (Phi) is 1.97. The van der Waals surface area contributed by atoms with Crippen LogP contribution < -0.4 is 5.73 Å². The van der Waals surface area contributed by atoms with Crippen LogP contribution in [0.3, 0.4) is 0 Å². The minimum Gasteiger partial charge on any atom is -0.395 e. The number of anilines is 1. The van der Waals surface area contributed by atoms with Crippen LogP contribution in [0.5, 0.6) is 0 Å². The number of nitrogens with zero attached hydrogens (tertiary/aromatic N) is 2. The van der Waals surface area contributed by atoms with Gasteiger partial charge in [-0.2, -0.15) is 5.26 Å². The lowest BCUT2D eigenvalue weighted by atomic mass is 10.2. The maximum atomic E-state index is 8.55. The van der Waals surface area contributed by atoms with E-state index in [0.29, 0.717) is 11.3 Å². The Morgan fingerprint density at radius 1 is 1.73 bits per heavy atom. The van der Waals surface area contributed by atoms with Crippen molar-refractivity contribution in [2.45, 2.75) is 6.92 Å². The van der Waals surface area contributed by atoms with E-state index in [4.69, 9.17) is 22.6 Å². The normalized spacial score (nSPS) is 9.18. The lowest BCUT2D eigenvalue weighted by molar-refractivity contribution is 1.19. The molecule has 0 aromatic carbocycles. The molecular weight excluding hydrogens is 162 g/mol. The number of hydrogen-bond acceptors (Lipinski definition) is 3. The molecule has 0 atom stereocenters. The van der Waals surface area contributed by atoms with E-state index in [0.717, 1.165) is 0 Å². The predicted molar refractivity (Wildman–Crippen MR) is 43.1 cm³/mol. The van der Waals surface area contributed by atoms with Crippen molar-refractivity contribution in [2.24, 2.45) is 0 Å². The summed E-state index contributed by atoms with van der Waals surface area (Å²) in [6, 6.07) is 3.53. The zero-order valence-corrected chi connectivity index (χ0v) is 6.68. The highest BCUT2D eigenvalue weighted by atomic mass is 35.5. The van der Waals surface area contributed by atoms with Crippen molar-refractivity contribution in [3.05, 3.63) is 22.5 Å². The first kappa shape index (κ1) is 7.83. The van der Waals surface area contributed by atoms with Gasteiger partial charge in [0.2, 0.25) is 0 Å². The highest BCUT2D eigenvalue weighted by molar-refractivity contribution is 6.32. The molecule has 3 nitrogen and oxygen atoms in total. The fourth-order valence-electron chi connectivity index (χ4n) is 0.738. The number of hydrogen-bond donors (Lipinski definition) is 1. The van der Waals surface area contributed by atoms with Crippen molar-refractivity contribution in [1.29, 1.82) is 5.26 Å². The van der Waals surface area contributed by atoms with Crippen LogP contribution in [-0.2, 0) is 0 Å². The largest absolute Gasteiger partial charge is 0.395 e. The zero-order chi connectivity index (χ0) is 8.43. The molecule has 0 aliphatic rings. The second-order valence-electron chi connectivity index (χ2n) is 2.13. The van der Waals surface area contributed by atoms with Gasteiger partial charge in [0.1, 0.15) is 6.07 Å². The Morgan fingerprint density at radius 2 is 2.36 bits per heavy atom. The quantitative estimate of drug-likeness (QED) is 0.596. The van der Waals surface area contributed by atoms with Gasteiger partial charge >= 0.3 is 0 Å². The minimum atomic E-state index is 0.196. The third-order valence-electron chi connectivity index (χ3n) is 1.26. The van der Waals surface area contributed by atoms with E-state index in [2.05, 4.69) is 4.98 Å². The van der Waals surface area contributed by atoms with Crippen LogP contribution >= 0.6 is 11.6 Å². The van der Waals surface area contributed by atoms with E-state index in [1.807, 2.05) is 6.07 Å². The fraction of sp³-hybridized carbons (Fsp3) is 0.143. The summed E-state index contributed by atoms with van der Waals surface area (Å²) in [5.41, 5.74) is 6.77. The molecule has 0 saturated carbocycles. The van der Waals surface area contributed by atoms with Crippen LogP contribution in [0, 0.1) is 18.3 Å². The topological polar surface area (TPSA) is 62.7 Å². The maximum absolute atomic E-state index is 8.55. The second-order valence-corrected chi connectivity index (χ2v) is 2.49. The van der Waals surface area contributed by atoms with E-state index in [1.54, 1.807) is 13.0 Å². The summed E-state index contributed by atoms with van der Waals surface area (Å²) in [6.45, 7) is 1.76. The molecular formula is C7H6ClN3. The lowest BCUT2D eigenvalue weighted by Crippen LogP contribution is -1.95. The molecule has 1 aromatic heterocycles. The lowest BCUT2D eigenvalue weighted by Gasteiger charge is -1.99. The molecule has 56 valence electrons. The summed E-state index contributed by atoms with van der Waals surface area (Å²) in [5, 5.41) is 8.75. The molecule has 2 N–H and O–H groups in total. The van der Waals surface area contributed by atoms with Crippen molar-refractivity contribution in [3.63, 3.8) is 0 Å². The number of nitrogen functional groups attached to an aromatic ring is 1. The number of pyridine rings is 1. The number of nitrogens with two attached hydrogens (primary N) is 1. The Labute approximate surface area is 69.4 Å². The third-order valence-corrected chi connectivity index (χ3v) is 1.55. The average molecular weight is 168 g/mol. The van der Waals surface area contributed by atoms with E-state index in [-0.39, 0.29) is 10.8 Å². The first-order valence-electron chi connectivity index (χ1n) is 2.98. The monoisotopic (exact) mass is 167 g/mol. The first-order chi connectivity index (χ1) is 5.15. The van der Waals surface area contributed by atoms with Gasteiger partial charge < -0.3 is 5.73 Å². The molecule has 1 heterocycles. The molecule has 11 heavy (non-hydrogen) atoms. The fourth-order valence-corrected chi connectivity index (χ4v) is 0.973. The summed E-state index contributed by atoms with van der Waals surface area (Å²) in [6.07, 6.45) is 0. The number of aromatic nitrogens is 1. The van der Waals surface area contributed by atoms with Crippen molar-refractivity contribution in [2.75, 3.05) is 5.73 Å². The maximum Gasteiger partial charge on any atom is 0.153 e. The number of nitriles is 1. The highest BCUT2D eigenvalue weighted by Gasteiger charge is 2.04. The van der Waals surface area contributed by atoms with Crippen LogP contribution in [0.4, 0.5) is 5.69 Å². The molecule has 0 radical (unpaired) electrons. The summed E-state index contributed by atoms with van der Waals surface area (Å²) < 4.78 is 0. The van der Waals surface area contributed by atoms with Crippen LogP contribution in [0.25, 0.3) is 0 Å². The first-order valence-corrected chi connectivity index (χ1v) is 3.35. The number of rotatable bonds is 0. The van der Waals surface area contributed by atoms with Crippen molar-refractivity contribution in [1.82, 2.24) is 4.98 Å². The van der Waals surface area contributed by atoms with Gasteiger partial charge in [-0.1, -0.05) is 11.6 Å². The van der Waals surface area contributed by atoms with Crippen molar-refractivity contribution >= 4 is 17.3 Å². The van der Waals surface area contributed by atoms with Gasteiger partial charge in [0, 0.05) is 5.69 Å². The number of halogens is 1. The van der Waals surface area contributed by atoms with E-state index >= 15 is 0 Å². The average Bonchev–Trinajstić information content (AvgIpc) is 1.96. The molecule has 0 saturated heterocycles. The van der Waals surface area contributed by atoms with Gasteiger partial charge in [-0.25, -0.2) is 4.98 Å². The van der Waals surface area contributed by atoms with Gasteiger partial charge in [0.05, 0.1) is 11.3 Å². The second kappa shape index (κ2) is 2.77. The molecule has 0 amide bonds. The Hall–Kier alpha value is -1.27. The van der Waals surface area contributed by atoms with Gasteiger partial charge in [0.25, 0.3) is 0 Å². The molecule has 0 bridgehead atoms. The molecule has 4 heteroatoms. The third kappa shape index (κ3) is 1.41. The van der Waals surface area contributed by atoms with E-state index < -0.39 is 0 Å². The molecule has 1 rings (SSSR count). The Bertz CT molecular complexity index is 327.